The van der Waals surface area contributed by atoms with Gasteiger partial charge in [-0.2, -0.15) is 4.39 Å². The zero-order valence-corrected chi connectivity index (χ0v) is 15.6. The molecule has 0 radical (unpaired) electrons. The van der Waals surface area contributed by atoms with Gasteiger partial charge in [0.05, 0.1) is 12.6 Å². The van der Waals surface area contributed by atoms with Crippen LogP contribution in [0.5, 0.6) is 11.6 Å². The van der Waals surface area contributed by atoms with Crippen LogP contribution in [0.2, 0.25) is 0 Å². The van der Waals surface area contributed by atoms with Crippen molar-refractivity contribution in [1.82, 2.24) is 20.5 Å². The molecule has 0 unspecified atom stereocenters. The lowest BCUT2D eigenvalue weighted by atomic mass is 10.3. The van der Waals surface area contributed by atoms with E-state index in [4.69, 9.17) is 13.9 Å². The summed E-state index contributed by atoms with van der Waals surface area (Å²) in [6, 6.07) is 5.05. The van der Waals surface area contributed by atoms with Gasteiger partial charge in [-0.25, -0.2) is 4.98 Å². The molecule has 1 aliphatic carbocycles. The number of amides is 1. The molecule has 0 bridgehead atoms. The quantitative estimate of drug-likeness (QED) is 0.615. The second-order valence-corrected chi connectivity index (χ2v) is 7.03. The Balaban J connectivity index is 1.48. The lowest BCUT2D eigenvalue weighted by molar-refractivity contribution is -0.119. The van der Waals surface area contributed by atoms with Gasteiger partial charge in [0, 0.05) is 13.0 Å². The van der Waals surface area contributed by atoms with Crippen molar-refractivity contribution >= 4 is 17.0 Å². The van der Waals surface area contributed by atoms with Gasteiger partial charge in [0.1, 0.15) is 17.9 Å². The monoisotopic (exact) mass is 388 g/mol. The molecular weight excluding hydrogens is 367 g/mol. The summed E-state index contributed by atoms with van der Waals surface area (Å²) in [4.78, 5) is 15.3. The number of aromatic amines is 1. The third kappa shape index (κ3) is 4.08. The number of rotatable bonds is 8. The number of ether oxygens (including phenoxy) is 2. The van der Waals surface area contributed by atoms with Gasteiger partial charge in [0.2, 0.25) is 17.6 Å². The van der Waals surface area contributed by atoms with E-state index in [1.165, 1.54) is 19.8 Å². The highest BCUT2D eigenvalue weighted by molar-refractivity contribution is 5.77. The molecule has 2 N–H and O–H groups in total. The number of carbonyl (C=O) groups excluding carboxylic acids is 1. The Labute approximate surface area is 160 Å². The molecule has 1 amide bonds. The molecule has 28 heavy (non-hydrogen) atoms. The standard InChI is InChI=1S/C19H21FN4O4/c1-10(21-11(2)25)8-27-18-16(20)17(23-24-18)19-22-14-6-5-13(7-15(14)28-19)26-9-12-3-4-12/h5-7,10,12H,3-4,8-9H2,1-2H3,(H,21,25)(H,23,24)/t10-/m0/s1. The van der Waals surface area contributed by atoms with Crippen LogP contribution >= 0.6 is 0 Å². The highest BCUT2D eigenvalue weighted by atomic mass is 19.1. The molecule has 0 spiro atoms. The Hall–Kier alpha value is -3.10. The van der Waals surface area contributed by atoms with Crippen molar-refractivity contribution in [2.45, 2.75) is 32.7 Å². The van der Waals surface area contributed by atoms with Crippen LogP contribution in [0.4, 0.5) is 4.39 Å². The van der Waals surface area contributed by atoms with Crippen LogP contribution < -0.4 is 14.8 Å². The van der Waals surface area contributed by atoms with Crippen molar-refractivity contribution in [3.8, 4) is 23.2 Å². The Morgan fingerprint density at radius 2 is 2.25 bits per heavy atom. The molecule has 0 aliphatic heterocycles. The first-order valence-corrected chi connectivity index (χ1v) is 9.17. The maximum Gasteiger partial charge on any atom is 0.270 e. The van der Waals surface area contributed by atoms with Crippen molar-refractivity contribution in [2.75, 3.05) is 13.2 Å². The van der Waals surface area contributed by atoms with Crippen LogP contribution in [0.1, 0.15) is 26.7 Å². The van der Waals surface area contributed by atoms with E-state index in [-0.39, 0.29) is 36.0 Å². The number of hydrogen-bond donors (Lipinski definition) is 2. The van der Waals surface area contributed by atoms with Gasteiger partial charge in [-0.3, -0.25) is 9.89 Å². The maximum atomic E-state index is 14.6. The average Bonchev–Trinajstić information content (AvgIpc) is 3.27. The topological polar surface area (TPSA) is 102 Å². The van der Waals surface area contributed by atoms with Gasteiger partial charge in [-0.1, -0.05) is 0 Å². The number of carbonyl (C=O) groups is 1. The van der Waals surface area contributed by atoms with Crippen LogP contribution in [0.25, 0.3) is 22.7 Å². The number of benzene rings is 1. The zero-order chi connectivity index (χ0) is 19.7. The summed E-state index contributed by atoms with van der Waals surface area (Å²) >= 11 is 0. The summed E-state index contributed by atoms with van der Waals surface area (Å²) in [5, 5.41) is 9.03. The summed E-state index contributed by atoms with van der Waals surface area (Å²) < 4.78 is 31.4. The maximum absolute atomic E-state index is 14.6. The number of hydrogen-bond acceptors (Lipinski definition) is 6. The Bertz CT molecular complexity index is 995. The van der Waals surface area contributed by atoms with Crippen LogP contribution in [0.15, 0.2) is 22.6 Å². The minimum absolute atomic E-state index is 0.00108. The molecule has 3 aromatic rings. The molecule has 148 valence electrons. The number of H-pyrrole nitrogens is 1. The van der Waals surface area contributed by atoms with E-state index in [0.29, 0.717) is 29.4 Å². The highest BCUT2D eigenvalue weighted by Crippen LogP contribution is 2.32. The second-order valence-electron chi connectivity index (χ2n) is 7.03. The van der Waals surface area contributed by atoms with E-state index in [2.05, 4.69) is 20.5 Å². The zero-order valence-electron chi connectivity index (χ0n) is 15.6. The van der Waals surface area contributed by atoms with Crippen LogP contribution in [0.3, 0.4) is 0 Å². The summed E-state index contributed by atoms with van der Waals surface area (Å²) in [6.07, 6.45) is 2.42. The molecule has 2 heterocycles. The minimum Gasteiger partial charge on any atom is -0.493 e. The Morgan fingerprint density at radius 1 is 1.43 bits per heavy atom. The fraction of sp³-hybridized carbons (Fsp3) is 0.421. The SMILES string of the molecule is CC(=O)N[C@@H](C)COc1n[nH]c(-c2nc3ccc(OCC4CC4)cc3o2)c1F. The number of nitrogens with zero attached hydrogens (tertiary/aromatic N) is 2. The van der Waals surface area contributed by atoms with Crippen LogP contribution in [0, 0.1) is 11.7 Å². The molecule has 1 aromatic carbocycles. The fourth-order valence-corrected chi connectivity index (χ4v) is 2.74. The number of fused-ring (bicyclic) bond motifs is 1. The largest absolute Gasteiger partial charge is 0.493 e. The van der Waals surface area contributed by atoms with Gasteiger partial charge in [0.25, 0.3) is 5.88 Å². The lowest BCUT2D eigenvalue weighted by Crippen LogP contribution is -2.35. The molecule has 9 heteroatoms. The van der Waals surface area contributed by atoms with E-state index in [1.807, 2.05) is 6.07 Å². The van der Waals surface area contributed by atoms with Crippen molar-refractivity contribution in [2.24, 2.45) is 5.92 Å². The fourth-order valence-electron chi connectivity index (χ4n) is 2.74. The molecular formula is C19H21FN4O4. The smallest absolute Gasteiger partial charge is 0.270 e. The first-order chi connectivity index (χ1) is 13.5. The Kier molecular flexibility index (Phi) is 4.89. The number of oxazole rings is 1. The predicted molar refractivity (Wildman–Crippen MR) is 98.5 cm³/mol. The summed E-state index contributed by atoms with van der Waals surface area (Å²) in [5.41, 5.74) is 1.09. The molecule has 0 saturated heterocycles. The van der Waals surface area contributed by atoms with Crippen molar-refractivity contribution in [3.63, 3.8) is 0 Å². The van der Waals surface area contributed by atoms with E-state index in [9.17, 15) is 9.18 Å². The van der Waals surface area contributed by atoms with Gasteiger partial charge < -0.3 is 19.2 Å². The molecule has 4 rings (SSSR count). The van der Waals surface area contributed by atoms with Crippen LogP contribution in [-0.4, -0.2) is 40.3 Å². The minimum atomic E-state index is -0.702. The average molecular weight is 388 g/mol. The van der Waals surface area contributed by atoms with Gasteiger partial charge in [0.15, 0.2) is 11.3 Å². The molecule has 8 nitrogen and oxygen atoms in total. The number of aromatic nitrogens is 3. The molecule has 1 saturated carbocycles. The van der Waals surface area contributed by atoms with Crippen molar-refractivity contribution in [1.29, 1.82) is 0 Å². The van der Waals surface area contributed by atoms with Gasteiger partial charge in [-0.05, 0) is 37.8 Å². The van der Waals surface area contributed by atoms with E-state index >= 15 is 0 Å². The lowest BCUT2D eigenvalue weighted by Gasteiger charge is -2.11. The van der Waals surface area contributed by atoms with Gasteiger partial charge in [-0.15, -0.1) is 5.10 Å². The van der Waals surface area contributed by atoms with E-state index in [1.54, 1.807) is 19.1 Å². The molecule has 1 fully saturated rings. The van der Waals surface area contributed by atoms with E-state index < -0.39 is 5.82 Å². The highest BCUT2D eigenvalue weighted by Gasteiger charge is 2.23. The van der Waals surface area contributed by atoms with Crippen molar-refractivity contribution < 1.29 is 23.1 Å². The van der Waals surface area contributed by atoms with Crippen LogP contribution in [-0.2, 0) is 4.79 Å². The number of halogens is 1. The third-order valence-electron chi connectivity index (χ3n) is 4.35. The first-order valence-electron chi connectivity index (χ1n) is 9.17. The molecule has 1 aliphatic rings. The second kappa shape index (κ2) is 7.49. The first kappa shape index (κ1) is 18.3. The predicted octanol–water partition coefficient (Wildman–Crippen LogP) is 3.05. The van der Waals surface area contributed by atoms with E-state index in [0.717, 1.165) is 0 Å². The Morgan fingerprint density at radius 3 is 3.00 bits per heavy atom. The molecule has 1 atom stereocenters. The summed E-state index contributed by atoms with van der Waals surface area (Å²) in [5.74, 6) is 0.320. The summed E-state index contributed by atoms with van der Waals surface area (Å²) in [7, 11) is 0. The normalized spacial score (nSPS) is 14.8. The van der Waals surface area contributed by atoms with Crippen molar-refractivity contribution in [3.05, 3.63) is 24.0 Å². The summed E-state index contributed by atoms with van der Waals surface area (Å²) in [6.45, 7) is 3.92. The van der Waals surface area contributed by atoms with Gasteiger partial charge >= 0.3 is 0 Å². The molecule has 2 aromatic heterocycles. The third-order valence-corrected chi connectivity index (χ3v) is 4.35. The number of nitrogens with one attached hydrogen (secondary N) is 2.